The molecular weight excluding hydrogens is 558 g/mol. The van der Waals surface area contributed by atoms with Gasteiger partial charge in [0.05, 0.1) is 43.4 Å². The molecule has 1 aliphatic heterocycles. The Labute approximate surface area is 250 Å². The highest BCUT2D eigenvalue weighted by Crippen LogP contribution is 2.42. The Morgan fingerprint density at radius 2 is 1.80 bits per heavy atom. The lowest BCUT2D eigenvalue weighted by Gasteiger charge is -2.28. The van der Waals surface area contributed by atoms with Gasteiger partial charge in [0.15, 0.2) is 5.11 Å². The number of anilines is 1. The molecule has 0 spiro atoms. The van der Waals surface area contributed by atoms with Crippen LogP contribution in [0.1, 0.15) is 41.1 Å². The summed E-state index contributed by atoms with van der Waals surface area (Å²) in [6.45, 7) is 4.54. The van der Waals surface area contributed by atoms with Crippen molar-refractivity contribution < 1.29 is 14.3 Å². The zero-order valence-corrected chi connectivity index (χ0v) is 24.9. The number of pyridine rings is 1. The average molecular weight is 590 g/mol. The lowest BCUT2D eigenvalue weighted by atomic mass is 9.96. The SMILES string of the molecule is COc1ccccc1NC(=O)CCN1C(=S)N[C@H](c2ccccn2)[C@H]1c1cc(C)n(-c2cc(Cl)ccc2OC)c1C. The highest BCUT2D eigenvalue weighted by molar-refractivity contribution is 7.80. The second kappa shape index (κ2) is 12.2. The molecule has 2 aromatic carbocycles. The number of aryl methyl sites for hydroxylation is 1. The van der Waals surface area contributed by atoms with Gasteiger partial charge in [0, 0.05) is 35.6 Å². The van der Waals surface area contributed by atoms with Crippen molar-refractivity contribution in [2.45, 2.75) is 32.4 Å². The molecule has 2 N–H and O–H groups in total. The summed E-state index contributed by atoms with van der Waals surface area (Å²) in [4.78, 5) is 19.8. The van der Waals surface area contributed by atoms with Gasteiger partial charge in [-0.3, -0.25) is 9.78 Å². The molecule has 212 valence electrons. The predicted molar refractivity (Wildman–Crippen MR) is 165 cm³/mol. The van der Waals surface area contributed by atoms with E-state index in [-0.39, 0.29) is 24.4 Å². The van der Waals surface area contributed by atoms with Crippen LogP contribution < -0.4 is 20.1 Å². The molecule has 3 heterocycles. The van der Waals surface area contributed by atoms with Crippen LogP contribution in [0, 0.1) is 13.8 Å². The van der Waals surface area contributed by atoms with Gasteiger partial charge in [0.25, 0.3) is 0 Å². The van der Waals surface area contributed by atoms with Crippen LogP contribution in [0.4, 0.5) is 5.69 Å². The highest BCUT2D eigenvalue weighted by Gasteiger charge is 2.41. The molecule has 0 radical (unpaired) electrons. The van der Waals surface area contributed by atoms with Crippen LogP contribution >= 0.6 is 23.8 Å². The van der Waals surface area contributed by atoms with Gasteiger partial charge in [0.1, 0.15) is 11.5 Å². The minimum Gasteiger partial charge on any atom is -0.495 e. The molecule has 41 heavy (non-hydrogen) atoms. The van der Waals surface area contributed by atoms with Crippen LogP contribution in [0.2, 0.25) is 5.02 Å². The van der Waals surface area contributed by atoms with Gasteiger partial charge in [-0.25, -0.2) is 0 Å². The maximum Gasteiger partial charge on any atom is 0.226 e. The Morgan fingerprint density at radius 1 is 1.05 bits per heavy atom. The molecule has 0 unspecified atom stereocenters. The molecule has 0 saturated carbocycles. The lowest BCUT2D eigenvalue weighted by molar-refractivity contribution is -0.116. The van der Waals surface area contributed by atoms with E-state index in [1.807, 2.05) is 60.7 Å². The number of benzene rings is 2. The molecule has 0 bridgehead atoms. The number of hydrogen-bond acceptors (Lipinski definition) is 5. The van der Waals surface area contributed by atoms with Gasteiger partial charge in [-0.2, -0.15) is 0 Å². The van der Waals surface area contributed by atoms with Crippen LogP contribution in [0.5, 0.6) is 11.5 Å². The van der Waals surface area contributed by atoms with Crippen molar-refractivity contribution in [3.63, 3.8) is 0 Å². The van der Waals surface area contributed by atoms with Crippen molar-refractivity contribution in [1.82, 2.24) is 19.8 Å². The standard InChI is InChI=1S/C31H32ClN5O3S/c1-19-17-22(20(2)37(19)25-18-21(32)12-13-27(25)40-4)30-29(24-10-7-8-15-33-24)35-31(41)36(30)16-14-28(38)34-23-9-5-6-11-26(23)39-3/h5-13,15,17-18,29-30H,14,16H2,1-4H3,(H,34,38)(H,35,41)/t29-,30-/m1/s1. The van der Waals surface area contributed by atoms with Crippen LogP contribution in [0.15, 0.2) is 72.9 Å². The van der Waals surface area contributed by atoms with E-state index >= 15 is 0 Å². The Hall–Kier alpha value is -4.08. The van der Waals surface area contributed by atoms with Gasteiger partial charge in [-0.1, -0.05) is 29.8 Å². The zero-order valence-electron chi connectivity index (χ0n) is 23.3. The molecule has 1 amide bonds. The molecule has 2 aromatic heterocycles. The second-order valence-electron chi connectivity index (χ2n) is 9.80. The van der Waals surface area contributed by atoms with Crippen LogP contribution in [-0.4, -0.2) is 46.2 Å². The van der Waals surface area contributed by atoms with E-state index in [0.29, 0.717) is 33.9 Å². The third-order valence-corrected chi connectivity index (χ3v) is 7.92. The van der Waals surface area contributed by atoms with Gasteiger partial charge in [-0.15, -0.1) is 0 Å². The molecule has 2 atom stereocenters. The number of carbonyl (C=O) groups is 1. The summed E-state index contributed by atoms with van der Waals surface area (Å²) in [5, 5.41) is 7.63. The van der Waals surface area contributed by atoms with Gasteiger partial charge >= 0.3 is 0 Å². The monoisotopic (exact) mass is 589 g/mol. The summed E-state index contributed by atoms with van der Waals surface area (Å²) in [7, 11) is 3.23. The maximum atomic E-state index is 13.1. The summed E-state index contributed by atoms with van der Waals surface area (Å²) in [5.74, 6) is 1.19. The van der Waals surface area contributed by atoms with Crippen LogP contribution in [0.25, 0.3) is 5.69 Å². The minimum atomic E-state index is -0.212. The summed E-state index contributed by atoms with van der Waals surface area (Å²) in [5.41, 5.74) is 5.45. The first-order valence-electron chi connectivity index (χ1n) is 13.3. The van der Waals surface area contributed by atoms with E-state index < -0.39 is 0 Å². The summed E-state index contributed by atoms with van der Waals surface area (Å²) in [6, 6.07) is 20.5. The fourth-order valence-corrected chi connectivity index (χ4v) is 5.96. The molecule has 8 nitrogen and oxygen atoms in total. The average Bonchev–Trinajstić information content (AvgIpc) is 3.46. The van der Waals surface area contributed by atoms with E-state index in [0.717, 1.165) is 28.3 Å². The zero-order chi connectivity index (χ0) is 29.1. The fraction of sp³-hybridized carbons (Fsp3) is 0.258. The van der Waals surface area contributed by atoms with E-state index in [9.17, 15) is 4.79 Å². The number of methoxy groups -OCH3 is 2. The number of ether oxygens (including phenoxy) is 2. The van der Waals surface area contributed by atoms with E-state index in [1.165, 1.54) is 0 Å². The Kier molecular flexibility index (Phi) is 8.46. The number of aromatic nitrogens is 2. The van der Waals surface area contributed by atoms with E-state index in [4.69, 9.17) is 33.3 Å². The predicted octanol–water partition coefficient (Wildman–Crippen LogP) is 6.16. The first-order chi connectivity index (χ1) is 19.8. The Morgan fingerprint density at radius 3 is 2.54 bits per heavy atom. The smallest absolute Gasteiger partial charge is 0.226 e. The minimum absolute atomic E-state index is 0.133. The molecule has 4 aromatic rings. The van der Waals surface area contributed by atoms with Gasteiger partial charge in [0.2, 0.25) is 5.91 Å². The molecule has 1 aliphatic rings. The molecule has 10 heteroatoms. The summed E-state index contributed by atoms with van der Waals surface area (Å²) >= 11 is 12.2. The van der Waals surface area contributed by atoms with Crippen molar-refractivity contribution in [3.05, 3.63) is 101 Å². The Bertz CT molecular complexity index is 1580. The van der Waals surface area contributed by atoms with Crippen molar-refractivity contribution >= 4 is 40.5 Å². The number of para-hydroxylation sites is 2. The van der Waals surface area contributed by atoms with Crippen LogP contribution in [0.3, 0.4) is 0 Å². The molecule has 5 rings (SSSR count). The number of amides is 1. The third kappa shape index (κ3) is 5.73. The quantitative estimate of drug-likeness (QED) is 0.226. The van der Waals surface area contributed by atoms with Crippen LogP contribution in [-0.2, 0) is 4.79 Å². The number of hydrogen-bond donors (Lipinski definition) is 2. The number of thiocarbonyl (C=S) groups is 1. The first-order valence-corrected chi connectivity index (χ1v) is 14.0. The number of carbonyl (C=O) groups excluding carboxylic acids is 1. The first kappa shape index (κ1) is 28.4. The van der Waals surface area contributed by atoms with Crippen molar-refractivity contribution in [2.75, 3.05) is 26.1 Å². The maximum absolute atomic E-state index is 13.1. The van der Waals surface area contributed by atoms with E-state index in [2.05, 4.69) is 45.0 Å². The summed E-state index contributed by atoms with van der Waals surface area (Å²) in [6.07, 6.45) is 2.01. The highest BCUT2D eigenvalue weighted by atomic mass is 35.5. The summed E-state index contributed by atoms with van der Waals surface area (Å²) < 4.78 is 13.2. The second-order valence-corrected chi connectivity index (χ2v) is 10.6. The fourth-order valence-electron chi connectivity index (χ4n) is 5.46. The van der Waals surface area contributed by atoms with Gasteiger partial charge in [-0.05, 0) is 80.2 Å². The number of nitrogens with one attached hydrogen (secondary N) is 2. The molecular formula is C31H32ClN5O3S. The molecule has 1 saturated heterocycles. The lowest BCUT2D eigenvalue weighted by Crippen LogP contribution is -2.33. The van der Waals surface area contributed by atoms with E-state index in [1.54, 1.807) is 20.4 Å². The topological polar surface area (TPSA) is 80.7 Å². The number of nitrogens with zero attached hydrogens (tertiary/aromatic N) is 3. The van der Waals surface area contributed by atoms with Crippen molar-refractivity contribution in [1.29, 1.82) is 0 Å². The molecule has 1 fully saturated rings. The third-order valence-electron chi connectivity index (χ3n) is 7.33. The van der Waals surface area contributed by atoms with Crippen molar-refractivity contribution in [3.8, 4) is 17.2 Å². The Balaban J connectivity index is 1.50. The molecule has 0 aliphatic carbocycles. The largest absolute Gasteiger partial charge is 0.495 e. The normalized spacial score (nSPS) is 16.4. The van der Waals surface area contributed by atoms with Crippen molar-refractivity contribution in [2.24, 2.45) is 0 Å². The van der Waals surface area contributed by atoms with Gasteiger partial charge < -0.3 is 29.6 Å². The number of rotatable bonds is 9. The number of halogens is 1.